The van der Waals surface area contributed by atoms with Gasteiger partial charge in [0.05, 0.1) is 0 Å². The molecular weight excluding hydrogens is 259 g/mol. The summed E-state index contributed by atoms with van der Waals surface area (Å²) in [6.45, 7) is 4.23. The van der Waals surface area contributed by atoms with Gasteiger partial charge >= 0.3 is 7.60 Å². The summed E-state index contributed by atoms with van der Waals surface area (Å²) in [5.74, 6) is 0. The lowest BCUT2D eigenvalue weighted by molar-refractivity contribution is 0.370. The van der Waals surface area contributed by atoms with Crippen LogP contribution >= 0.6 is 7.60 Å². The van der Waals surface area contributed by atoms with Crippen LogP contribution in [0.1, 0.15) is 51.0 Å². The van der Waals surface area contributed by atoms with Gasteiger partial charge in [-0.3, -0.25) is 4.57 Å². The molecule has 110 valence electrons. The number of aryl methyl sites for hydroxylation is 1. The second kappa shape index (κ2) is 11.2. The lowest BCUT2D eigenvalue weighted by Crippen LogP contribution is -1.88. The van der Waals surface area contributed by atoms with E-state index in [2.05, 4.69) is 26.0 Å². The van der Waals surface area contributed by atoms with Gasteiger partial charge in [-0.1, -0.05) is 74.9 Å². The first-order valence-electron chi connectivity index (χ1n) is 7.02. The highest BCUT2D eigenvalue weighted by Crippen LogP contribution is 2.35. The fourth-order valence-corrected chi connectivity index (χ4v) is 2.27. The number of unbranched alkanes of at least 4 members (excludes halogenated alkanes) is 5. The highest BCUT2D eigenvalue weighted by atomic mass is 31.2. The van der Waals surface area contributed by atoms with Gasteiger partial charge in [0.15, 0.2) is 0 Å². The van der Waals surface area contributed by atoms with Crippen molar-refractivity contribution in [3.05, 3.63) is 35.9 Å². The number of rotatable bonds is 7. The van der Waals surface area contributed by atoms with Crippen molar-refractivity contribution in [2.45, 2.75) is 52.4 Å². The van der Waals surface area contributed by atoms with Crippen molar-refractivity contribution in [3.63, 3.8) is 0 Å². The van der Waals surface area contributed by atoms with Crippen LogP contribution in [-0.2, 0) is 4.57 Å². The van der Waals surface area contributed by atoms with E-state index in [4.69, 9.17) is 9.79 Å². The number of hydrogen-bond acceptors (Lipinski definition) is 1. The zero-order valence-corrected chi connectivity index (χ0v) is 13.0. The second-order valence-corrected chi connectivity index (χ2v) is 6.59. The molecule has 19 heavy (non-hydrogen) atoms. The van der Waals surface area contributed by atoms with Crippen LogP contribution in [0.5, 0.6) is 0 Å². The molecule has 0 saturated heterocycles. The maximum Gasteiger partial charge on any atom is 0.325 e. The summed E-state index contributed by atoms with van der Waals surface area (Å²) in [7, 11) is -3.72. The molecule has 0 unspecified atom stereocenters. The molecule has 0 aliphatic rings. The molecule has 0 bridgehead atoms. The largest absolute Gasteiger partial charge is 0.325 e. The van der Waals surface area contributed by atoms with Gasteiger partial charge in [-0.15, -0.1) is 0 Å². The summed E-state index contributed by atoms with van der Waals surface area (Å²) in [6, 6.07) is 10.3. The van der Waals surface area contributed by atoms with Gasteiger partial charge in [-0.2, -0.15) is 0 Å². The van der Waals surface area contributed by atoms with E-state index in [-0.39, 0.29) is 6.16 Å². The average molecular weight is 286 g/mol. The summed E-state index contributed by atoms with van der Waals surface area (Å²) in [4.78, 5) is 17.1. The topological polar surface area (TPSA) is 57.5 Å². The van der Waals surface area contributed by atoms with Crippen molar-refractivity contribution < 1.29 is 14.4 Å². The quantitative estimate of drug-likeness (QED) is 0.572. The first-order valence-corrected chi connectivity index (χ1v) is 8.81. The van der Waals surface area contributed by atoms with Crippen molar-refractivity contribution in [1.82, 2.24) is 0 Å². The van der Waals surface area contributed by atoms with E-state index in [9.17, 15) is 4.57 Å². The molecular formula is C15H27O3P. The predicted octanol–water partition coefficient (Wildman–Crippen LogP) is 4.52. The van der Waals surface area contributed by atoms with Crippen LogP contribution < -0.4 is 0 Å². The molecule has 1 rings (SSSR count). The average Bonchev–Trinajstić information content (AvgIpc) is 2.34. The SMILES string of the molecule is CCCCCCCCP(=O)(O)O.Cc1ccccc1. The monoisotopic (exact) mass is 286 g/mol. The van der Waals surface area contributed by atoms with E-state index in [1.807, 2.05) is 18.2 Å². The van der Waals surface area contributed by atoms with Crippen LogP contribution in [0.2, 0.25) is 0 Å². The maximum atomic E-state index is 10.4. The third-order valence-electron chi connectivity index (χ3n) is 2.74. The molecule has 0 radical (unpaired) electrons. The van der Waals surface area contributed by atoms with Crippen LogP contribution in [0.15, 0.2) is 30.3 Å². The van der Waals surface area contributed by atoms with E-state index >= 15 is 0 Å². The Morgan fingerprint density at radius 3 is 1.89 bits per heavy atom. The molecule has 4 heteroatoms. The standard InChI is InChI=1S/C8H19O3P.C7H8/c1-2-3-4-5-6-7-8-12(9,10)11;1-7-5-3-2-4-6-7/h2-8H2,1H3,(H2,9,10,11);2-6H,1H3. The minimum atomic E-state index is -3.72. The Morgan fingerprint density at radius 2 is 1.47 bits per heavy atom. The molecule has 0 spiro atoms. The van der Waals surface area contributed by atoms with Crippen LogP contribution in [0.3, 0.4) is 0 Å². The summed E-state index contributed by atoms with van der Waals surface area (Å²) < 4.78 is 10.4. The lowest BCUT2D eigenvalue weighted by atomic mass is 10.1. The predicted molar refractivity (Wildman–Crippen MR) is 81.5 cm³/mol. The van der Waals surface area contributed by atoms with Crippen molar-refractivity contribution in [1.29, 1.82) is 0 Å². The van der Waals surface area contributed by atoms with Crippen molar-refractivity contribution in [2.24, 2.45) is 0 Å². The van der Waals surface area contributed by atoms with Crippen molar-refractivity contribution >= 4 is 7.60 Å². The summed E-state index contributed by atoms with van der Waals surface area (Å²) in [5, 5.41) is 0. The van der Waals surface area contributed by atoms with E-state index in [1.165, 1.54) is 24.8 Å². The van der Waals surface area contributed by atoms with Gasteiger partial charge in [0.2, 0.25) is 0 Å². The van der Waals surface area contributed by atoms with E-state index in [1.54, 1.807) is 0 Å². The molecule has 0 aliphatic heterocycles. The number of benzene rings is 1. The highest BCUT2D eigenvalue weighted by molar-refractivity contribution is 7.51. The van der Waals surface area contributed by atoms with E-state index in [0.29, 0.717) is 6.42 Å². The van der Waals surface area contributed by atoms with Crippen molar-refractivity contribution in [3.8, 4) is 0 Å². The Bertz CT molecular complexity index is 346. The maximum absolute atomic E-state index is 10.4. The summed E-state index contributed by atoms with van der Waals surface area (Å²) in [6.07, 6.45) is 6.40. The van der Waals surface area contributed by atoms with E-state index < -0.39 is 7.60 Å². The molecule has 1 aromatic carbocycles. The van der Waals surface area contributed by atoms with E-state index in [0.717, 1.165) is 12.8 Å². The normalized spacial score (nSPS) is 10.7. The zero-order valence-electron chi connectivity index (χ0n) is 12.1. The van der Waals surface area contributed by atoms with Gasteiger partial charge in [-0.25, -0.2) is 0 Å². The Labute approximate surface area is 117 Å². The Kier molecular flexibility index (Phi) is 10.8. The zero-order chi connectivity index (χ0) is 14.6. The highest BCUT2D eigenvalue weighted by Gasteiger charge is 2.10. The Morgan fingerprint density at radius 1 is 0.947 bits per heavy atom. The second-order valence-electron chi connectivity index (χ2n) is 4.81. The van der Waals surface area contributed by atoms with Crippen LogP contribution in [0, 0.1) is 6.92 Å². The fourth-order valence-electron chi connectivity index (χ4n) is 1.63. The molecule has 2 N–H and O–H groups in total. The third kappa shape index (κ3) is 15.3. The van der Waals surface area contributed by atoms with Gasteiger partial charge < -0.3 is 9.79 Å². The molecule has 3 nitrogen and oxygen atoms in total. The first-order chi connectivity index (χ1) is 8.95. The Hall–Kier alpha value is -0.630. The molecule has 0 saturated carbocycles. The molecule has 1 aromatic rings. The summed E-state index contributed by atoms with van der Waals surface area (Å²) >= 11 is 0. The fraction of sp³-hybridized carbons (Fsp3) is 0.600. The molecule has 0 fully saturated rings. The number of hydrogen-bond donors (Lipinski definition) is 2. The Balaban J connectivity index is 0.000000388. The minimum absolute atomic E-state index is 0.0547. The summed E-state index contributed by atoms with van der Waals surface area (Å²) in [5.41, 5.74) is 1.32. The molecule has 0 aromatic heterocycles. The first kappa shape index (κ1) is 18.4. The van der Waals surface area contributed by atoms with Gasteiger partial charge in [0.25, 0.3) is 0 Å². The molecule has 0 atom stereocenters. The van der Waals surface area contributed by atoms with Crippen molar-refractivity contribution in [2.75, 3.05) is 6.16 Å². The smallest absolute Gasteiger partial charge is 0.324 e. The van der Waals surface area contributed by atoms with Crippen LogP contribution in [0.25, 0.3) is 0 Å². The van der Waals surface area contributed by atoms with Crippen LogP contribution in [-0.4, -0.2) is 15.9 Å². The lowest BCUT2D eigenvalue weighted by Gasteiger charge is -2.02. The van der Waals surface area contributed by atoms with Gasteiger partial charge in [0.1, 0.15) is 0 Å². The third-order valence-corrected chi connectivity index (χ3v) is 3.64. The van der Waals surface area contributed by atoms with Gasteiger partial charge in [-0.05, 0) is 13.3 Å². The molecule has 0 heterocycles. The van der Waals surface area contributed by atoms with Gasteiger partial charge in [0, 0.05) is 6.16 Å². The molecule has 0 aliphatic carbocycles. The van der Waals surface area contributed by atoms with Crippen LogP contribution in [0.4, 0.5) is 0 Å². The minimum Gasteiger partial charge on any atom is -0.324 e. The molecule has 0 amide bonds.